The summed E-state index contributed by atoms with van der Waals surface area (Å²) in [5.74, 6) is 0.606. The average Bonchev–Trinajstić information content (AvgIpc) is 2.77. The van der Waals surface area contributed by atoms with Crippen LogP contribution in [0.1, 0.15) is 42.5 Å². The monoisotopic (exact) mass is 250 g/mol. The van der Waals surface area contributed by atoms with Crippen LogP contribution in [0.5, 0.6) is 0 Å². The first-order valence-corrected chi connectivity index (χ1v) is 6.38. The molecule has 1 aromatic rings. The summed E-state index contributed by atoms with van der Waals surface area (Å²) < 4.78 is 5.36. The molecule has 1 aliphatic rings. The van der Waals surface area contributed by atoms with Gasteiger partial charge in [-0.2, -0.15) is 0 Å². The summed E-state index contributed by atoms with van der Waals surface area (Å²) in [7, 11) is 0. The van der Waals surface area contributed by atoms with E-state index in [9.17, 15) is 9.59 Å². The lowest BCUT2D eigenvalue weighted by molar-refractivity contribution is -0.122. The Labute approximate surface area is 106 Å². The Morgan fingerprint density at radius 1 is 1.50 bits per heavy atom. The number of rotatable bonds is 3. The van der Waals surface area contributed by atoms with Crippen molar-refractivity contribution in [3.05, 3.63) is 23.7 Å². The normalized spacial score (nSPS) is 20.1. The summed E-state index contributed by atoms with van der Waals surface area (Å²) in [6, 6.07) is 2.97. The van der Waals surface area contributed by atoms with Gasteiger partial charge in [-0.1, -0.05) is 6.92 Å². The van der Waals surface area contributed by atoms with Gasteiger partial charge in [0, 0.05) is 13.0 Å². The molecule has 0 spiro atoms. The van der Waals surface area contributed by atoms with Crippen molar-refractivity contribution in [1.29, 1.82) is 0 Å². The number of hydrogen-bond acceptors (Lipinski definition) is 3. The number of amides is 2. The molecular weight excluding hydrogens is 232 g/mol. The first-order chi connectivity index (χ1) is 8.70. The molecule has 2 heterocycles. The van der Waals surface area contributed by atoms with Crippen LogP contribution in [0.2, 0.25) is 0 Å². The van der Waals surface area contributed by atoms with Crippen molar-refractivity contribution in [3.8, 4) is 0 Å². The highest BCUT2D eigenvalue weighted by Gasteiger charge is 2.23. The first kappa shape index (κ1) is 12.7. The number of carbonyl (C=O) groups is 2. The summed E-state index contributed by atoms with van der Waals surface area (Å²) in [5.41, 5.74) is 0. The fourth-order valence-corrected chi connectivity index (χ4v) is 2.00. The summed E-state index contributed by atoms with van der Waals surface area (Å²) in [6.07, 6.45) is 3.32. The van der Waals surface area contributed by atoms with Crippen LogP contribution in [0.3, 0.4) is 0 Å². The van der Waals surface area contributed by atoms with Crippen LogP contribution in [-0.4, -0.2) is 24.4 Å². The van der Waals surface area contributed by atoms with Gasteiger partial charge in [0.05, 0.1) is 0 Å². The Morgan fingerprint density at radius 3 is 3.06 bits per heavy atom. The number of aryl methyl sites for hydroxylation is 1. The number of furan rings is 1. The van der Waals surface area contributed by atoms with Crippen LogP contribution < -0.4 is 10.6 Å². The molecule has 5 nitrogen and oxygen atoms in total. The third-order valence-corrected chi connectivity index (χ3v) is 3.07. The van der Waals surface area contributed by atoms with Gasteiger partial charge in [0.15, 0.2) is 5.76 Å². The molecule has 1 fully saturated rings. The van der Waals surface area contributed by atoms with Gasteiger partial charge in [-0.25, -0.2) is 0 Å². The standard InChI is InChI=1S/C13H18N2O3/c1-2-9-6-7-11(18-9)13(17)15-10-5-3-4-8-14-12(10)16/h6-7,10H,2-5,8H2,1H3,(H,14,16)(H,15,17)/t10-/m0/s1. The van der Waals surface area contributed by atoms with E-state index in [1.54, 1.807) is 12.1 Å². The van der Waals surface area contributed by atoms with E-state index in [4.69, 9.17) is 4.42 Å². The third kappa shape index (κ3) is 2.91. The van der Waals surface area contributed by atoms with E-state index in [1.807, 2.05) is 6.92 Å². The smallest absolute Gasteiger partial charge is 0.287 e. The predicted molar refractivity (Wildman–Crippen MR) is 66.2 cm³/mol. The number of hydrogen-bond donors (Lipinski definition) is 2. The zero-order valence-electron chi connectivity index (χ0n) is 10.5. The number of nitrogens with one attached hydrogen (secondary N) is 2. The molecule has 1 aliphatic heterocycles. The predicted octanol–water partition coefficient (Wildman–Crippen LogP) is 1.24. The summed E-state index contributed by atoms with van der Waals surface area (Å²) in [4.78, 5) is 23.6. The molecule has 1 atom stereocenters. The Bertz CT molecular complexity index is 439. The van der Waals surface area contributed by atoms with Crippen molar-refractivity contribution in [2.75, 3.05) is 6.54 Å². The van der Waals surface area contributed by atoms with E-state index < -0.39 is 6.04 Å². The maximum atomic E-state index is 11.9. The topological polar surface area (TPSA) is 71.3 Å². The van der Waals surface area contributed by atoms with Gasteiger partial charge in [-0.3, -0.25) is 9.59 Å². The van der Waals surface area contributed by atoms with Gasteiger partial charge in [-0.15, -0.1) is 0 Å². The van der Waals surface area contributed by atoms with Crippen molar-refractivity contribution in [3.63, 3.8) is 0 Å². The molecule has 1 saturated heterocycles. The molecule has 0 unspecified atom stereocenters. The Kier molecular flexibility index (Phi) is 4.02. The summed E-state index contributed by atoms with van der Waals surface area (Å²) in [6.45, 7) is 2.64. The molecule has 2 amide bonds. The molecule has 2 rings (SSSR count). The molecule has 1 aromatic heterocycles. The van der Waals surface area contributed by atoms with E-state index in [2.05, 4.69) is 10.6 Å². The van der Waals surface area contributed by atoms with E-state index in [0.717, 1.165) is 25.0 Å². The zero-order chi connectivity index (χ0) is 13.0. The Balaban J connectivity index is 1.99. The maximum Gasteiger partial charge on any atom is 0.287 e. The highest BCUT2D eigenvalue weighted by Crippen LogP contribution is 2.10. The number of carbonyl (C=O) groups excluding carboxylic acids is 2. The van der Waals surface area contributed by atoms with E-state index in [0.29, 0.717) is 13.0 Å². The van der Waals surface area contributed by atoms with Gasteiger partial charge in [0.2, 0.25) is 5.91 Å². The molecule has 98 valence electrons. The summed E-state index contributed by atoms with van der Waals surface area (Å²) in [5, 5.41) is 5.50. The van der Waals surface area contributed by atoms with E-state index in [-0.39, 0.29) is 17.6 Å². The Hall–Kier alpha value is -1.78. The highest BCUT2D eigenvalue weighted by atomic mass is 16.3. The lowest BCUT2D eigenvalue weighted by Gasteiger charge is -2.13. The highest BCUT2D eigenvalue weighted by molar-refractivity contribution is 5.95. The largest absolute Gasteiger partial charge is 0.456 e. The van der Waals surface area contributed by atoms with Crippen LogP contribution in [0.25, 0.3) is 0 Å². The van der Waals surface area contributed by atoms with Crippen molar-refractivity contribution < 1.29 is 14.0 Å². The van der Waals surface area contributed by atoms with Crippen LogP contribution in [0.15, 0.2) is 16.5 Å². The Morgan fingerprint density at radius 2 is 2.33 bits per heavy atom. The fourth-order valence-electron chi connectivity index (χ4n) is 2.00. The van der Waals surface area contributed by atoms with Crippen molar-refractivity contribution in [1.82, 2.24) is 10.6 Å². The van der Waals surface area contributed by atoms with Crippen LogP contribution in [-0.2, 0) is 11.2 Å². The van der Waals surface area contributed by atoms with Crippen molar-refractivity contribution >= 4 is 11.8 Å². The molecule has 5 heteroatoms. The van der Waals surface area contributed by atoms with Gasteiger partial charge in [0.25, 0.3) is 5.91 Å². The molecule has 0 saturated carbocycles. The van der Waals surface area contributed by atoms with Crippen molar-refractivity contribution in [2.45, 2.75) is 38.6 Å². The second kappa shape index (κ2) is 5.71. The van der Waals surface area contributed by atoms with E-state index >= 15 is 0 Å². The van der Waals surface area contributed by atoms with Gasteiger partial charge in [-0.05, 0) is 31.4 Å². The SMILES string of the molecule is CCc1ccc(C(=O)N[C@H]2CCCCNC2=O)o1. The van der Waals surface area contributed by atoms with Crippen LogP contribution in [0.4, 0.5) is 0 Å². The first-order valence-electron chi connectivity index (χ1n) is 6.38. The van der Waals surface area contributed by atoms with Crippen LogP contribution >= 0.6 is 0 Å². The molecule has 18 heavy (non-hydrogen) atoms. The van der Waals surface area contributed by atoms with Gasteiger partial charge in [0.1, 0.15) is 11.8 Å². The van der Waals surface area contributed by atoms with Crippen LogP contribution in [0, 0.1) is 0 Å². The molecule has 0 bridgehead atoms. The molecule has 0 radical (unpaired) electrons. The van der Waals surface area contributed by atoms with Gasteiger partial charge >= 0.3 is 0 Å². The lowest BCUT2D eigenvalue weighted by Crippen LogP contribution is -2.45. The summed E-state index contributed by atoms with van der Waals surface area (Å²) >= 11 is 0. The quantitative estimate of drug-likeness (QED) is 0.847. The fraction of sp³-hybridized carbons (Fsp3) is 0.538. The minimum atomic E-state index is -0.449. The second-order valence-electron chi connectivity index (χ2n) is 4.43. The minimum absolute atomic E-state index is 0.108. The molecular formula is C13H18N2O3. The van der Waals surface area contributed by atoms with Crippen molar-refractivity contribution in [2.24, 2.45) is 0 Å². The molecule has 0 aromatic carbocycles. The molecule has 2 N–H and O–H groups in total. The lowest BCUT2D eigenvalue weighted by atomic mass is 10.1. The third-order valence-electron chi connectivity index (χ3n) is 3.07. The van der Waals surface area contributed by atoms with E-state index in [1.165, 1.54) is 0 Å². The minimum Gasteiger partial charge on any atom is -0.456 e. The average molecular weight is 250 g/mol. The molecule has 0 aliphatic carbocycles. The second-order valence-corrected chi connectivity index (χ2v) is 4.43. The zero-order valence-corrected chi connectivity index (χ0v) is 10.5. The van der Waals surface area contributed by atoms with Gasteiger partial charge < -0.3 is 15.1 Å². The maximum absolute atomic E-state index is 11.9.